The predicted molar refractivity (Wildman–Crippen MR) is 80.5 cm³/mol. The van der Waals surface area contributed by atoms with Crippen molar-refractivity contribution in [2.24, 2.45) is 17.8 Å². The molecule has 4 nitrogen and oxygen atoms in total. The van der Waals surface area contributed by atoms with E-state index >= 15 is 0 Å². The van der Waals surface area contributed by atoms with Gasteiger partial charge in [-0.1, -0.05) is 13.8 Å². The Bertz CT molecular complexity index is 316. The molecule has 0 aromatic carbocycles. The topological polar surface area (TPSA) is 41.6 Å². The molecule has 1 aliphatic heterocycles. The molecule has 2 fully saturated rings. The first-order chi connectivity index (χ1) is 9.56. The average molecular weight is 282 g/mol. The number of nitrogens with zero attached hydrogens (tertiary/aromatic N) is 1. The molecule has 1 aliphatic carbocycles. The fraction of sp³-hybridized carbons (Fsp3) is 0.938. The maximum atomic E-state index is 11.5. The van der Waals surface area contributed by atoms with Crippen molar-refractivity contribution in [3.05, 3.63) is 0 Å². The van der Waals surface area contributed by atoms with Gasteiger partial charge in [0.05, 0.1) is 7.11 Å². The fourth-order valence-corrected chi connectivity index (χ4v) is 3.13. The summed E-state index contributed by atoms with van der Waals surface area (Å²) in [5.74, 6) is 1.97. The third-order valence-electron chi connectivity index (χ3n) is 4.32. The van der Waals surface area contributed by atoms with Crippen molar-refractivity contribution in [3.63, 3.8) is 0 Å². The lowest BCUT2D eigenvalue weighted by Gasteiger charge is -2.38. The molecule has 2 atom stereocenters. The van der Waals surface area contributed by atoms with Crippen LogP contribution < -0.4 is 5.32 Å². The van der Waals surface area contributed by atoms with E-state index in [1.54, 1.807) is 0 Å². The minimum absolute atomic E-state index is 0.0640. The van der Waals surface area contributed by atoms with Crippen LogP contribution in [0.4, 0.5) is 0 Å². The van der Waals surface area contributed by atoms with Crippen LogP contribution in [0.15, 0.2) is 0 Å². The van der Waals surface area contributed by atoms with Crippen LogP contribution in [0.25, 0.3) is 0 Å². The first kappa shape index (κ1) is 15.8. The quantitative estimate of drug-likeness (QED) is 0.724. The lowest BCUT2D eigenvalue weighted by molar-refractivity contribution is -0.142. The molecule has 0 aromatic heterocycles. The fourth-order valence-electron chi connectivity index (χ4n) is 3.13. The highest BCUT2D eigenvalue weighted by Gasteiger charge is 2.32. The maximum Gasteiger partial charge on any atom is 0.305 e. The molecular formula is C16H30N2O2. The number of methoxy groups -OCH3 is 1. The van der Waals surface area contributed by atoms with E-state index in [1.165, 1.54) is 26.5 Å². The van der Waals surface area contributed by atoms with Crippen LogP contribution in [0.3, 0.4) is 0 Å². The number of rotatable bonds is 7. The van der Waals surface area contributed by atoms with Crippen LogP contribution >= 0.6 is 0 Å². The second kappa shape index (κ2) is 7.41. The van der Waals surface area contributed by atoms with Crippen LogP contribution in [0, 0.1) is 17.8 Å². The maximum absolute atomic E-state index is 11.5. The van der Waals surface area contributed by atoms with Crippen LogP contribution in [0.5, 0.6) is 0 Å². The van der Waals surface area contributed by atoms with Crippen molar-refractivity contribution < 1.29 is 9.53 Å². The van der Waals surface area contributed by atoms with Gasteiger partial charge in [-0.05, 0) is 43.6 Å². The zero-order valence-corrected chi connectivity index (χ0v) is 13.2. The smallest absolute Gasteiger partial charge is 0.305 e. The number of hydrogen-bond donors (Lipinski definition) is 1. The molecule has 116 valence electrons. The van der Waals surface area contributed by atoms with E-state index in [2.05, 4.69) is 24.1 Å². The summed E-state index contributed by atoms with van der Waals surface area (Å²) >= 11 is 0. The van der Waals surface area contributed by atoms with E-state index in [9.17, 15) is 4.79 Å². The van der Waals surface area contributed by atoms with Gasteiger partial charge in [-0.15, -0.1) is 0 Å². The van der Waals surface area contributed by atoms with Crippen LogP contribution in [-0.2, 0) is 9.53 Å². The average Bonchev–Trinajstić information content (AvgIpc) is 3.20. The number of likely N-dealkylation sites (tertiary alicyclic amines) is 1. The van der Waals surface area contributed by atoms with Gasteiger partial charge in [-0.25, -0.2) is 0 Å². The van der Waals surface area contributed by atoms with Gasteiger partial charge in [0.25, 0.3) is 0 Å². The molecule has 2 aliphatic rings. The van der Waals surface area contributed by atoms with E-state index in [0.29, 0.717) is 24.3 Å². The highest BCUT2D eigenvalue weighted by molar-refractivity contribution is 5.69. The Morgan fingerprint density at radius 3 is 2.65 bits per heavy atom. The van der Waals surface area contributed by atoms with Gasteiger partial charge >= 0.3 is 5.97 Å². The van der Waals surface area contributed by atoms with Gasteiger partial charge in [0.2, 0.25) is 0 Å². The third-order valence-corrected chi connectivity index (χ3v) is 4.32. The van der Waals surface area contributed by atoms with E-state index < -0.39 is 0 Å². The molecule has 1 saturated heterocycles. The molecule has 0 amide bonds. The second-order valence-electron chi connectivity index (χ2n) is 7.04. The molecule has 0 spiro atoms. The Morgan fingerprint density at radius 1 is 1.30 bits per heavy atom. The third kappa shape index (κ3) is 5.41. The van der Waals surface area contributed by atoms with Gasteiger partial charge < -0.3 is 15.0 Å². The van der Waals surface area contributed by atoms with Gasteiger partial charge in [-0.2, -0.15) is 0 Å². The minimum Gasteiger partial charge on any atom is -0.469 e. The molecule has 1 N–H and O–H groups in total. The van der Waals surface area contributed by atoms with Crippen molar-refractivity contribution in [2.75, 3.05) is 33.3 Å². The van der Waals surface area contributed by atoms with Crippen molar-refractivity contribution >= 4 is 5.97 Å². The van der Waals surface area contributed by atoms with Crippen molar-refractivity contribution in [1.29, 1.82) is 0 Å². The highest BCUT2D eigenvalue weighted by Crippen LogP contribution is 2.31. The van der Waals surface area contributed by atoms with Gasteiger partial charge in [-0.3, -0.25) is 4.79 Å². The van der Waals surface area contributed by atoms with Gasteiger partial charge in [0, 0.05) is 32.1 Å². The largest absolute Gasteiger partial charge is 0.469 e. The molecule has 4 heteroatoms. The molecule has 0 aromatic rings. The van der Waals surface area contributed by atoms with Crippen LogP contribution in [-0.4, -0.2) is 50.2 Å². The van der Waals surface area contributed by atoms with Crippen molar-refractivity contribution in [2.45, 2.75) is 45.6 Å². The van der Waals surface area contributed by atoms with E-state index in [1.807, 2.05) is 0 Å². The number of esters is 1. The van der Waals surface area contributed by atoms with Crippen molar-refractivity contribution in [1.82, 2.24) is 10.2 Å². The molecule has 20 heavy (non-hydrogen) atoms. The molecule has 0 bridgehead atoms. The summed E-state index contributed by atoms with van der Waals surface area (Å²) in [5, 5.41) is 3.67. The Kier molecular flexibility index (Phi) is 5.85. The highest BCUT2D eigenvalue weighted by atomic mass is 16.5. The summed E-state index contributed by atoms with van der Waals surface area (Å²) < 4.78 is 4.84. The summed E-state index contributed by atoms with van der Waals surface area (Å²) in [6, 6.07) is 0.527. The molecule has 2 rings (SSSR count). The van der Waals surface area contributed by atoms with E-state index in [-0.39, 0.29) is 5.97 Å². The Morgan fingerprint density at radius 2 is 2.05 bits per heavy atom. The summed E-state index contributed by atoms with van der Waals surface area (Å²) in [7, 11) is 1.49. The molecule has 0 radical (unpaired) electrons. The Labute approximate surface area is 123 Å². The summed E-state index contributed by atoms with van der Waals surface area (Å²) in [6.45, 7) is 8.96. The zero-order chi connectivity index (χ0) is 14.5. The zero-order valence-electron chi connectivity index (χ0n) is 13.2. The molecule has 2 unspecified atom stereocenters. The minimum atomic E-state index is -0.0640. The van der Waals surface area contributed by atoms with Gasteiger partial charge in [0.15, 0.2) is 0 Å². The van der Waals surface area contributed by atoms with E-state index in [0.717, 1.165) is 32.0 Å². The van der Waals surface area contributed by atoms with Gasteiger partial charge in [0.1, 0.15) is 0 Å². The lowest BCUT2D eigenvalue weighted by Crippen LogP contribution is -2.50. The first-order valence-corrected chi connectivity index (χ1v) is 8.09. The summed E-state index contributed by atoms with van der Waals surface area (Å²) in [5.41, 5.74) is 0. The first-order valence-electron chi connectivity index (χ1n) is 8.09. The lowest BCUT2D eigenvalue weighted by atomic mass is 9.91. The predicted octanol–water partition coefficient (Wildman–Crippen LogP) is 1.90. The standard InChI is InChI=1S/C16H30N2O2/c1-12(2)8-17-15-6-14(7-16(19)20-3)10-18(11-15)9-13-4-5-13/h12-15,17H,4-11H2,1-3H3. The Hall–Kier alpha value is -0.610. The van der Waals surface area contributed by atoms with Crippen molar-refractivity contribution in [3.8, 4) is 0 Å². The summed E-state index contributed by atoms with van der Waals surface area (Å²) in [4.78, 5) is 14.1. The number of ether oxygens (including phenoxy) is 1. The second-order valence-corrected chi connectivity index (χ2v) is 7.04. The molecule has 1 saturated carbocycles. The number of nitrogens with one attached hydrogen (secondary N) is 1. The monoisotopic (exact) mass is 282 g/mol. The molecular weight excluding hydrogens is 252 g/mol. The number of carbonyl (C=O) groups excluding carboxylic acids is 1. The number of hydrogen-bond acceptors (Lipinski definition) is 4. The number of piperidine rings is 1. The number of carbonyl (C=O) groups is 1. The normalized spacial score (nSPS) is 27.8. The Balaban J connectivity index is 1.85. The molecule has 1 heterocycles. The van der Waals surface area contributed by atoms with Crippen LogP contribution in [0.1, 0.15) is 39.5 Å². The SMILES string of the molecule is COC(=O)CC1CC(NCC(C)C)CN(CC2CC2)C1. The van der Waals surface area contributed by atoms with E-state index in [4.69, 9.17) is 4.74 Å². The summed E-state index contributed by atoms with van der Waals surface area (Å²) in [6.07, 6.45) is 4.45. The van der Waals surface area contributed by atoms with Crippen LogP contribution in [0.2, 0.25) is 0 Å².